The molecule has 4 nitrogen and oxygen atoms in total. The first-order valence-corrected chi connectivity index (χ1v) is 16.8. The number of halogens is 4. The number of alkyl halides is 2. The van der Waals surface area contributed by atoms with Gasteiger partial charge in [-0.2, -0.15) is 0 Å². The molecule has 2 aliphatic rings. The van der Waals surface area contributed by atoms with Crippen LogP contribution in [0.2, 0.25) is 0 Å². The quantitative estimate of drug-likeness (QED) is 0.171. The average molecular weight is 729 g/mol. The number of nitrogens with zero attached hydrogens (tertiary/aromatic N) is 2. The van der Waals surface area contributed by atoms with Gasteiger partial charge in [-0.3, -0.25) is 9.80 Å². The minimum atomic E-state index is -0.210. The Kier molecular flexibility index (Phi) is 12.5. The van der Waals surface area contributed by atoms with Gasteiger partial charge < -0.3 is 9.47 Å². The normalized spacial score (nSPS) is 20.7. The number of hydrogen-bond acceptors (Lipinski definition) is 4. The Morgan fingerprint density at radius 1 is 0.568 bits per heavy atom. The molecule has 4 aromatic rings. The topological polar surface area (TPSA) is 24.9 Å². The summed E-state index contributed by atoms with van der Waals surface area (Å²) in [7, 11) is 0. The van der Waals surface area contributed by atoms with Gasteiger partial charge in [-0.25, -0.2) is 8.78 Å². The van der Waals surface area contributed by atoms with E-state index < -0.39 is 0 Å². The van der Waals surface area contributed by atoms with Crippen molar-refractivity contribution in [2.75, 3.05) is 39.4 Å². The lowest BCUT2D eigenvalue weighted by Gasteiger charge is -2.35. The van der Waals surface area contributed by atoms with Gasteiger partial charge in [-0.05, 0) is 46.5 Å². The molecule has 8 heteroatoms. The lowest BCUT2D eigenvalue weighted by molar-refractivity contribution is -0.0311. The predicted octanol–water partition coefficient (Wildman–Crippen LogP) is 8.33. The zero-order chi connectivity index (χ0) is 30.7. The van der Waals surface area contributed by atoms with Gasteiger partial charge >= 0.3 is 0 Å². The van der Waals surface area contributed by atoms with E-state index >= 15 is 0 Å². The minimum absolute atomic E-state index is 0.0722. The first-order chi connectivity index (χ1) is 21.4. The summed E-state index contributed by atoms with van der Waals surface area (Å²) >= 11 is 7.42. The number of ether oxygens (including phenoxy) is 2. The zero-order valence-corrected chi connectivity index (χ0v) is 27.8. The Morgan fingerprint density at radius 2 is 0.932 bits per heavy atom. The van der Waals surface area contributed by atoms with Gasteiger partial charge in [0.1, 0.15) is 11.6 Å². The number of morpholine rings is 2. The molecule has 0 aliphatic carbocycles. The first kappa shape index (κ1) is 32.9. The van der Waals surface area contributed by atoms with E-state index in [2.05, 4.69) is 90.2 Å². The van der Waals surface area contributed by atoms with Crippen LogP contribution in [0.15, 0.2) is 109 Å². The van der Waals surface area contributed by atoms with Crippen molar-refractivity contribution in [3.05, 3.63) is 143 Å². The van der Waals surface area contributed by atoms with E-state index in [1.165, 1.54) is 35.4 Å². The highest BCUT2D eigenvalue weighted by molar-refractivity contribution is 9.09. The molecule has 0 spiro atoms. The van der Waals surface area contributed by atoms with Crippen LogP contribution in [0.1, 0.15) is 31.9 Å². The fourth-order valence-electron chi connectivity index (χ4n) is 5.51. The fraction of sp³-hybridized carbons (Fsp3) is 0.333. The maximum atomic E-state index is 13.0. The highest BCUT2D eigenvalue weighted by Gasteiger charge is 2.29. The van der Waals surface area contributed by atoms with Crippen LogP contribution in [0.25, 0.3) is 0 Å². The first-order valence-electron chi connectivity index (χ1n) is 15.0. The Balaban J connectivity index is 0.000000175. The van der Waals surface area contributed by atoms with Gasteiger partial charge in [-0.15, -0.1) is 0 Å². The van der Waals surface area contributed by atoms with Crippen molar-refractivity contribution < 1.29 is 18.3 Å². The molecule has 0 amide bonds. The summed E-state index contributed by atoms with van der Waals surface area (Å²) in [5, 5.41) is 0. The zero-order valence-electron chi connectivity index (χ0n) is 24.6. The molecular weight excluding hydrogens is 690 g/mol. The lowest BCUT2D eigenvalue weighted by atomic mass is 10.1. The monoisotopic (exact) mass is 726 g/mol. The van der Waals surface area contributed by atoms with Crippen LogP contribution in [-0.4, -0.2) is 61.4 Å². The second-order valence-electron chi connectivity index (χ2n) is 11.2. The summed E-state index contributed by atoms with van der Waals surface area (Å²) in [6, 6.07) is 34.2. The summed E-state index contributed by atoms with van der Waals surface area (Å²) in [6.45, 7) is 6.92. The van der Waals surface area contributed by atoms with Crippen LogP contribution in [0.5, 0.6) is 0 Å². The third kappa shape index (κ3) is 9.77. The third-order valence-electron chi connectivity index (χ3n) is 7.88. The van der Waals surface area contributed by atoms with Crippen molar-refractivity contribution >= 4 is 31.9 Å². The van der Waals surface area contributed by atoms with E-state index in [-0.39, 0.29) is 33.5 Å². The SMILES string of the molecule is Fc1ccc([C@@H](Br)[C@@H]2CN(Cc3ccccc3)CCO2)cc1.Fc1ccc([C@H](Br)[C@H]2CN(Cc3ccccc3)CCO2)cc1. The standard InChI is InChI=1S/2C18H19BrFNO/c2*19-18(15-6-8-16(20)9-7-15)17-13-21(10-11-22-17)12-14-4-2-1-3-5-14/h2*1-9,17-18H,10-13H2/t2*17-,18+/m10/s1. The molecule has 0 N–H and O–H groups in total. The molecule has 44 heavy (non-hydrogen) atoms. The highest BCUT2D eigenvalue weighted by atomic mass is 79.9. The largest absolute Gasteiger partial charge is 0.374 e. The van der Waals surface area contributed by atoms with Gasteiger partial charge in [0.25, 0.3) is 0 Å². The van der Waals surface area contributed by atoms with Gasteiger partial charge in [0.2, 0.25) is 0 Å². The van der Waals surface area contributed by atoms with E-state index in [1.54, 1.807) is 0 Å². The molecule has 0 radical (unpaired) electrons. The van der Waals surface area contributed by atoms with Crippen molar-refractivity contribution in [3.63, 3.8) is 0 Å². The molecule has 6 rings (SSSR count). The van der Waals surface area contributed by atoms with Crippen LogP contribution in [0.3, 0.4) is 0 Å². The molecule has 4 atom stereocenters. The van der Waals surface area contributed by atoms with Crippen molar-refractivity contribution in [2.45, 2.75) is 35.0 Å². The van der Waals surface area contributed by atoms with Gasteiger partial charge in [0, 0.05) is 39.3 Å². The number of hydrogen-bond donors (Lipinski definition) is 0. The maximum absolute atomic E-state index is 13.0. The second-order valence-corrected chi connectivity index (χ2v) is 13.1. The van der Waals surface area contributed by atoms with Crippen molar-refractivity contribution in [1.29, 1.82) is 0 Å². The van der Waals surface area contributed by atoms with Gasteiger partial charge in [0.15, 0.2) is 0 Å². The van der Waals surface area contributed by atoms with Crippen molar-refractivity contribution in [3.8, 4) is 0 Å². The molecule has 0 saturated carbocycles. The average Bonchev–Trinajstić information content (AvgIpc) is 3.06. The van der Waals surface area contributed by atoms with Crippen molar-refractivity contribution in [2.24, 2.45) is 0 Å². The minimum Gasteiger partial charge on any atom is -0.374 e. The smallest absolute Gasteiger partial charge is 0.123 e. The maximum Gasteiger partial charge on any atom is 0.123 e. The lowest BCUT2D eigenvalue weighted by Crippen LogP contribution is -2.43. The summed E-state index contributed by atoms with van der Waals surface area (Å²) in [5.74, 6) is -0.419. The Labute approximate surface area is 276 Å². The summed E-state index contributed by atoms with van der Waals surface area (Å²) in [4.78, 5) is 4.96. The van der Waals surface area contributed by atoms with Crippen LogP contribution in [-0.2, 0) is 22.6 Å². The van der Waals surface area contributed by atoms with E-state index in [0.717, 1.165) is 63.6 Å². The van der Waals surface area contributed by atoms with Crippen LogP contribution in [0, 0.1) is 11.6 Å². The molecule has 0 bridgehead atoms. The molecule has 2 saturated heterocycles. The predicted molar refractivity (Wildman–Crippen MR) is 179 cm³/mol. The summed E-state index contributed by atoms with van der Waals surface area (Å²) in [6.07, 6.45) is 0.144. The second kappa shape index (κ2) is 16.7. The van der Waals surface area contributed by atoms with Gasteiger partial charge in [0.05, 0.1) is 35.1 Å². The Bertz CT molecular complexity index is 1290. The van der Waals surface area contributed by atoms with Crippen LogP contribution < -0.4 is 0 Å². The molecule has 2 heterocycles. The molecule has 2 fully saturated rings. The Morgan fingerprint density at radius 3 is 1.30 bits per heavy atom. The highest BCUT2D eigenvalue weighted by Crippen LogP contribution is 2.32. The van der Waals surface area contributed by atoms with E-state index in [9.17, 15) is 8.78 Å². The summed E-state index contributed by atoms with van der Waals surface area (Å²) in [5.41, 5.74) is 4.73. The van der Waals surface area contributed by atoms with Gasteiger partial charge in [-0.1, -0.05) is 117 Å². The molecular formula is C36H38Br2F2N2O2. The third-order valence-corrected chi connectivity index (χ3v) is 10.1. The molecule has 0 unspecified atom stereocenters. The van der Waals surface area contributed by atoms with Crippen LogP contribution >= 0.6 is 31.9 Å². The van der Waals surface area contributed by atoms with E-state index in [0.29, 0.717) is 0 Å². The van der Waals surface area contributed by atoms with Crippen LogP contribution in [0.4, 0.5) is 8.78 Å². The number of rotatable bonds is 8. The Hall–Kier alpha value is -2.46. The molecule has 2 aliphatic heterocycles. The van der Waals surface area contributed by atoms with E-state index in [1.807, 2.05) is 36.4 Å². The van der Waals surface area contributed by atoms with E-state index in [4.69, 9.17) is 9.47 Å². The molecule has 4 aromatic carbocycles. The fourth-order valence-corrected chi connectivity index (χ4v) is 6.76. The summed E-state index contributed by atoms with van der Waals surface area (Å²) < 4.78 is 37.9. The molecule has 0 aromatic heterocycles. The van der Waals surface area contributed by atoms with Crippen molar-refractivity contribution in [1.82, 2.24) is 9.80 Å². The number of benzene rings is 4. The molecule has 232 valence electrons.